The van der Waals surface area contributed by atoms with E-state index in [1.165, 1.54) is 0 Å². The molecular formula is C17H27N3O2. The minimum atomic E-state index is -0.198. The van der Waals surface area contributed by atoms with Crippen LogP contribution in [0.2, 0.25) is 0 Å². The van der Waals surface area contributed by atoms with Crippen LogP contribution < -0.4 is 11.1 Å². The lowest BCUT2D eigenvalue weighted by Crippen LogP contribution is -2.46. The molecule has 22 heavy (non-hydrogen) atoms. The number of nitrogens with one attached hydrogen (secondary N) is 1. The number of hydrogen-bond donors (Lipinski definition) is 2. The van der Waals surface area contributed by atoms with Crippen molar-refractivity contribution in [1.29, 1.82) is 0 Å². The highest BCUT2D eigenvalue weighted by atomic mass is 16.5. The molecule has 122 valence electrons. The fourth-order valence-corrected chi connectivity index (χ4v) is 2.50. The third kappa shape index (κ3) is 4.80. The van der Waals surface area contributed by atoms with Gasteiger partial charge in [-0.05, 0) is 12.5 Å². The summed E-state index contributed by atoms with van der Waals surface area (Å²) < 4.78 is 5.39. The number of hydrogen-bond acceptors (Lipinski definition) is 4. The van der Waals surface area contributed by atoms with Gasteiger partial charge in [-0.15, -0.1) is 0 Å². The Morgan fingerprint density at radius 2 is 1.91 bits per heavy atom. The maximum Gasteiger partial charge on any atom is 0.224 e. The molecule has 0 bridgehead atoms. The number of carbonyl (C=O) groups is 1. The van der Waals surface area contributed by atoms with E-state index < -0.39 is 0 Å². The minimum Gasteiger partial charge on any atom is -0.379 e. The van der Waals surface area contributed by atoms with Gasteiger partial charge >= 0.3 is 0 Å². The molecule has 1 aromatic rings. The molecule has 2 rings (SSSR count). The van der Waals surface area contributed by atoms with E-state index in [1.807, 2.05) is 32.0 Å². The second kappa shape index (κ2) is 8.27. The van der Waals surface area contributed by atoms with E-state index in [9.17, 15) is 4.79 Å². The molecule has 0 radical (unpaired) electrons. The zero-order valence-corrected chi connectivity index (χ0v) is 13.5. The largest absolute Gasteiger partial charge is 0.379 e. The Balaban J connectivity index is 2.06. The predicted molar refractivity (Wildman–Crippen MR) is 87.4 cm³/mol. The zero-order valence-electron chi connectivity index (χ0n) is 13.5. The predicted octanol–water partition coefficient (Wildman–Crippen LogP) is 1.16. The van der Waals surface area contributed by atoms with Crippen LogP contribution >= 0.6 is 0 Å². The number of benzene rings is 1. The van der Waals surface area contributed by atoms with Gasteiger partial charge in [0.15, 0.2) is 0 Å². The molecule has 0 aromatic heterocycles. The monoisotopic (exact) mass is 305 g/mol. The number of morpholine rings is 1. The van der Waals surface area contributed by atoms with Gasteiger partial charge in [0.05, 0.1) is 19.3 Å². The summed E-state index contributed by atoms with van der Waals surface area (Å²) in [5.41, 5.74) is 6.97. The van der Waals surface area contributed by atoms with E-state index in [0.29, 0.717) is 0 Å². The Morgan fingerprint density at radius 1 is 1.27 bits per heavy atom. The lowest BCUT2D eigenvalue weighted by Gasteiger charge is -2.31. The first-order valence-electron chi connectivity index (χ1n) is 7.99. The summed E-state index contributed by atoms with van der Waals surface area (Å²) in [7, 11) is 0. The standard InChI is InChI=1S/C17H27N3O2/c1-13(14(2)18)17(21)19-16(15-6-4-3-5-7-15)12-20-8-10-22-11-9-20/h3-7,13-14,16H,8-12,18H2,1-2H3,(H,19,21). The van der Waals surface area contributed by atoms with Crippen LogP contribution in [0.5, 0.6) is 0 Å². The van der Waals surface area contributed by atoms with E-state index >= 15 is 0 Å². The van der Waals surface area contributed by atoms with Crippen LogP contribution in [-0.2, 0) is 9.53 Å². The van der Waals surface area contributed by atoms with Crippen LogP contribution in [0.4, 0.5) is 0 Å². The summed E-state index contributed by atoms with van der Waals surface area (Å²) in [5, 5.41) is 3.16. The lowest BCUT2D eigenvalue weighted by molar-refractivity contribution is -0.125. The number of nitrogens with zero attached hydrogens (tertiary/aromatic N) is 1. The quantitative estimate of drug-likeness (QED) is 0.827. The molecule has 3 atom stereocenters. The summed E-state index contributed by atoms with van der Waals surface area (Å²) in [5.74, 6) is -0.187. The van der Waals surface area contributed by atoms with Crippen molar-refractivity contribution < 1.29 is 9.53 Å². The lowest BCUT2D eigenvalue weighted by atomic mass is 10.0. The van der Waals surface area contributed by atoms with Gasteiger partial charge in [0, 0.05) is 31.6 Å². The van der Waals surface area contributed by atoms with Crippen LogP contribution in [-0.4, -0.2) is 49.7 Å². The topological polar surface area (TPSA) is 67.6 Å². The van der Waals surface area contributed by atoms with Gasteiger partial charge in [0.25, 0.3) is 0 Å². The Bertz CT molecular complexity index is 458. The molecule has 1 amide bonds. The van der Waals surface area contributed by atoms with E-state index in [2.05, 4.69) is 22.3 Å². The van der Waals surface area contributed by atoms with Gasteiger partial charge in [-0.25, -0.2) is 0 Å². The number of ether oxygens (including phenoxy) is 1. The fourth-order valence-electron chi connectivity index (χ4n) is 2.50. The second-order valence-electron chi connectivity index (χ2n) is 6.03. The molecule has 0 saturated carbocycles. The zero-order chi connectivity index (χ0) is 15.9. The van der Waals surface area contributed by atoms with Gasteiger partial charge in [-0.3, -0.25) is 9.69 Å². The van der Waals surface area contributed by atoms with Crippen molar-refractivity contribution in [2.75, 3.05) is 32.8 Å². The first kappa shape index (κ1) is 16.9. The fraction of sp³-hybridized carbons (Fsp3) is 0.588. The first-order chi connectivity index (χ1) is 10.6. The molecule has 3 unspecified atom stereocenters. The molecule has 5 nitrogen and oxygen atoms in total. The Hall–Kier alpha value is -1.43. The molecule has 1 aromatic carbocycles. The number of rotatable bonds is 6. The highest BCUT2D eigenvalue weighted by molar-refractivity contribution is 5.79. The second-order valence-corrected chi connectivity index (χ2v) is 6.03. The van der Waals surface area contributed by atoms with Crippen molar-refractivity contribution in [2.45, 2.75) is 25.9 Å². The van der Waals surface area contributed by atoms with E-state index in [-0.39, 0.29) is 23.9 Å². The Morgan fingerprint density at radius 3 is 2.50 bits per heavy atom. The molecule has 1 aliphatic heterocycles. The van der Waals surface area contributed by atoms with Crippen molar-refractivity contribution in [3.8, 4) is 0 Å². The average Bonchev–Trinajstić information content (AvgIpc) is 2.55. The molecule has 1 aliphatic rings. The molecule has 0 aliphatic carbocycles. The molecule has 1 heterocycles. The third-order valence-electron chi connectivity index (χ3n) is 4.27. The van der Waals surface area contributed by atoms with Crippen LogP contribution in [0.15, 0.2) is 30.3 Å². The molecule has 0 spiro atoms. The number of amides is 1. The van der Waals surface area contributed by atoms with Crippen LogP contribution in [0.3, 0.4) is 0 Å². The van der Waals surface area contributed by atoms with Gasteiger partial charge < -0.3 is 15.8 Å². The summed E-state index contributed by atoms with van der Waals surface area (Å²) >= 11 is 0. The van der Waals surface area contributed by atoms with Gasteiger partial charge in [0.2, 0.25) is 5.91 Å². The van der Waals surface area contributed by atoms with E-state index in [4.69, 9.17) is 10.5 Å². The summed E-state index contributed by atoms with van der Waals surface area (Å²) in [6, 6.07) is 9.93. The molecule has 1 fully saturated rings. The van der Waals surface area contributed by atoms with Gasteiger partial charge in [-0.2, -0.15) is 0 Å². The van der Waals surface area contributed by atoms with E-state index in [1.54, 1.807) is 0 Å². The van der Waals surface area contributed by atoms with Crippen molar-refractivity contribution >= 4 is 5.91 Å². The molecular weight excluding hydrogens is 278 g/mol. The molecule has 5 heteroatoms. The minimum absolute atomic E-state index is 0.0112. The Kier molecular flexibility index (Phi) is 6.36. The van der Waals surface area contributed by atoms with Crippen molar-refractivity contribution in [3.05, 3.63) is 35.9 Å². The molecule has 3 N–H and O–H groups in total. The molecule has 1 saturated heterocycles. The van der Waals surface area contributed by atoms with Crippen molar-refractivity contribution in [1.82, 2.24) is 10.2 Å². The average molecular weight is 305 g/mol. The normalized spacial score (nSPS) is 20.1. The summed E-state index contributed by atoms with van der Waals surface area (Å²) in [4.78, 5) is 14.7. The van der Waals surface area contributed by atoms with Crippen LogP contribution in [0.1, 0.15) is 25.5 Å². The van der Waals surface area contributed by atoms with Crippen molar-refractivity contribution in [2.24, 2.45) is 11.7 Å². The maximum absolute atomic E-state index is 12.4. The van der Waals surface area contributed by atoms with Gasteiger partial charge in [0.1, 0.15) is 0 Å². The Labute approximate surface area is 132 Å². The first-order valence-corrected chi connectivity index (χ1v) is 7.99. The highest BCUT2D eigenvalue weighted by Gasteiger charge is 2.23. The smallest absolute Gasteiger partial charge is 0.224 e. The summed E-state index contributed by atoms with van der Waals surface area (Å²) in [6.45, 7) is 7.85. The third-order valence-corrected chi connectivity index (χ3v) is 4.27. The summed E-state index contributed by atoms with van der Waals surface area (Å²) in [6.07, 6.45) is 0. The number of nitrogens with two attached hydrogens (primary N) is 1. The van der Waals surface area contributed by atoms with Gasteiger partial charge in [-0.1, -0.05) is 37.3 Å². The van der Waals surface area contributed by atoms with Crippen LogP contribution in [0.25, 0.3) is 0 Å². The SMILES string of the molecule is CC(N)C(C)C(=O)NC(CN1CCOCC1)c1ccccc1. The van der Waals surface area contributed by atoms with Crippen LogP contribution in [0, 0.1) is 5.92 Å². The maximum atomic E-state index is 12.4. The number of carbonyl (C=O) groups excluding carboxylic acids is 1. The van der Waals surface area contributed by atoms with E-state index in [0.717, 1.165) is 38.4 Å². The van der Waals surface area contributed by atoms with Crippen molar-refractivity contribution in [3.63, 3.8) is 0 Å². The highest BCUT2D eigenvalue weighted by Crippen LogP contribution is 2.16.